The average Bonchev–Trinajstić information content (AvgIpc) is 2.85. The third-order valence-corrected chi connectivity index (χ3v) is 3.55. The molecule has 1 aromatic carbocycles. The molecule has 1 amide bonds. The van der Waals surface area contributed by atoms with Crippen molar-refractivity contribution in [2.24, 2.45) is 5.10 Å². The average molecular weight is 345 g/mol. The highest BCUT2D eigenvalue weighted by Crippen LogP contribution is 2.41. The lowest BCUT2D eigenvalue weighted by Crippen LogP contribution is -2.56. The molecule has 10 heteroatoms. The molecular weight excluding hydrogens is 331 g/mol. The molecule has 0 bridgehead atoms. The van der Waals surface area contributed by atoms with Gasteiger partial charge in [0.1, 0.15) is 0 Å². The summed E-state index contributed by atoms with van der Waals surface area (Å²) in [4.78, 5) is 22.2. The van der Waals surface area contributed by atoms with E-state index in [4.69, 9.17) is 0 Å². The van der Waals surface area contributed by atoms with Gasteiger partial charge in [0.2, 0.25) is 0 Å². The van der Waals surface area contributed by atoms with E-state index in [2.05, 4.69) is 5.10 Å². The lowest BCUT2D eigenvalue weighted by Gasteiger charge is -2.32. The van der Waals surface area contributed by atoms with Crippen LogP contribution < -0.4 is 0 Å². The van der Waals surface area contributed by atoms with Gasteiger partial charge >= 0.3 is 6.18 Å². The molecule has 0 saturated heterocycles. The Labute approximate surface area is 134 Å². The zero-order valence-electron chi connectivity index (χ0n) is 12.6. The minimum atomic E-state index is -5.09. The number of nitro benzene ring substituents is 1. The second-order valence-electron chi connectivity index (χ2n) is 5.33. The summed E-state index contributed by atoms with van der Waals surface area (Å²) >= 11 is 0. The van der Waals surface area contributed by atoms with Gasteiger partial charge in [-0.2, -0.15) is 23.3 Å². The first kappa shape index (κ1) is 17.9. The van der Waals surface area contributed by atoms with Gasteiger partial charge in [0.05, 0.1) is 4.92 Å². The van der Waals surface area contributed by atoms with Crippen LogP contribution in [0, 0.1) is 10.1 Å². The Balaban J connectivity index is 2.38. The van der Waals surface area contributed by atoms with Gasteiger partial charge in [-0.15, -0.1) is 0 Å². The zero-order chi connectivity index (χ0) is 18.1. The van der Waals surface area contributed by atoms with Crippen molar-refractivity contribution in [1.82, 2.24) is 5.01 Å². The monoisotopic (exact) mass is 345 g/mol. The standard InChI is InChI=1S/C14H14F3N3O4/c1-2-3-10-8-13(22,14(15,16)17)19(18-10)12(21)9-4-6-11(7-5-9)20(23)24/h4-7,22H,2-3,8H2,1H3/t13-/m1/s1. The van der Waals surface area contributed by atoms with Crippen LogP contribution in [0.1, 0.15) is 36.5 Å². The summed E-state index contributed by atoms with van der Waals surface area (Å²) < 4.78 is 39.7. The number of hydrazone groups is 1. The molecule has 0 spiro atoms. The lowest BCUT2D eigenvalue weighted by atomic mass is 10.0. The summed E-state index contributed by atoms with van der Waals surface area (Å²) in [5.41, 5.74) is -3.91. The quantitative estimate of drug-likeness (QED) is 0.670. The first-order valence-corrected chi connectivity index (χ1v) is 7.04. The van der Waals surface area contributed by atoms with E-state index in [1.807, 2.05) is 0 Å². The molecule has 24 heavy (non-hydrogen) atoms. The van der Waals surface area contributed by atoms with E-state index in [-0.39, 0.29) is 28.4 Å². The first-order chi connectivity index (χ1) is 11.1. The zero-order valence-corrected chi connectivity index (χ0v) is 12.6. The molecule has 0 aromatic heterocycles. The summed E-state index contributed by atoms with van der Waals surface area (Å²) in [6.45, 7) is 1.73. The number of carbonyl (C=O) groups excluding carboxylic acids is 1. The maximum atomic E-state index is 13.2. The van der Waals surface area contributed by atoms with Crippen LogP contribution in [-0.4, -0.2) is 38.6 Å². The van der Waals surface area contributed by atoms with E-state index in [1.165, 1.54) is 0 Å². The molecule has 1 aliphatic heterocycles. The van der Waals surface area contributed by atoms with Gasteiger partial charge in [-0.3, -0.25) is 14.9 Å². The molecule has 0 fully saturated rings. The van der Waals surface area contributed by atoms with E-state index < -0.39 is 29.2 Å². The highest BCUT2D eigenvalue weighted by atomic mass is 19.4. The highest BCUT2D eigenvalue weighted by Gasteiger charge is 2.63. The minimum Gasteiger partial charge on any atom is -0.362 e. The molecule has 1 heterocycles. The maximum Gasteiger partial charge on any atom is 0.438 e. The molecular formula is C14H14F3N3O4. The van der Waals surface area contributed by atoms with Crippen LogP contribution in [-0.2, 0) is 0 Å². The van der Waals surface area contributed by atoms with Crippen LogP contribution in [0.2, 0.25) is 0 Å². The summed E-state index contributed by atoms with van der Waals surface area (Å²) in [7, 11) is 0. The van der Waals surface area contributed by atoms with Gasteiger partial charge in [0.15, 0.2) is 0 Å². The predicted octanol–water partition coefficient (Wildman–Crippen LogP) is 2.85. The van der Waals surface area contributed by atoms with Gasteiger partial charge < -0.3 is 5.11 Å². The molecule has 1 N–H and O–H groups in total. The van der Waals surface area contributed by atoms with Crippen LogP contribution in [0.25, 0.3) is 0 Å². The van der Waals surface area contributed by atoms with Crippen LogP contribution in [0.5, 0.6) is 0 Å². The third-order valence-electron chi connectivity index (χ3n) is 3.55. The molecule has 0 radical (unpaired) electrons. The fraction of sp³-hybridized carbons (Fsp3) is 0.429. The van der Waals surface area contributed by atoms with E-state index in [1.54, 1.807) is 6.92 Å². The second-order valence-corrected chi connectivity index (χ2v) is 5.33. The molecule has 7 nitrogen and oxygen atoms in total. The van der Waals surface area contributed by atoms with Crippen LogP contribution in [0.15, 0.2) is 29.4 Å². The molecule has 2 rings (SSSR count). The molecule has 0 saturated carbocycles. The van der Waals surface area contributed by atoms with Crippen molar-refractivity contribution in [3.8, 4) is 0 Å². The van der Waals surface area contributed by atoms with Crippen LogP contribution >= 0.6 is 0 Å². The van der Waals surface area contributed by atoms with E-state index >= 15 is 0 Å². The van der Waals surface area contributed by atoms with Crippen LogP contribution in [0.3, 0.4) is 0 Å². The Morgan fingerprint density at radius 2 is 2.00 bits per heavy atom. The number of halogens is 3. The Kier molecular flexibility index (Phi) is 4.61. The maximum absolute atomic E-state index is 13.2. The van der Waals surface area contributed by atoms with Gasteiger partial charge in [-0.25, -0.2) is 0 Å². The normalized spacial score (nSPS) is 20.9. The summed E-state index contributed by atoms with van der Waals surface area (Å²) in [6, 6.07) is 4.02. The van der Waals surface area contributed by atoms with Crippen molar-refractivity contribution in [1.29, 1.82) is 0 Å². The fourth-order valence-corrected chi connectivity index (χ4v) is 2.33. The fourth-order valence-electron chi connectivity index (χ4n) is 2.33. The SMILES string of the molecule is CCCC1=NN(C(=O)c2ccc([N+](=O)[O-])cc2)[C@](O)(C(F)(F)F)C1. The molecule has 130 valence electrons. The van der Waals surface area contributed by atoms with Crippen molar-refractivity contribution < 1.29 is 28.0 Å². The second kappa shape index (κ2) is 6.19. The van der Waals surface area contributed by atoms with Crippen molar-refractivity contribution in [2.45, 2.75) is 38.1 Å². The van der Waals surface area contributed by atoms with Crippen molar-refractivity contribution in [2.75, 3.05) is 0 Å². The number of aliphatic hydroxyl groups is 1. The smallest absolute Gasteiger partial charge is 0.362 e. The molecule has 1 aromatic rings. The lowest BCUT2D eigenvalue weighted by molar-refractivity contribution is -0.384. The van der Waals surface area contributed by atoms with Crippen molar-refractivity contribution >= 4 is 17.3 Å². The number of benzene rings is 1. The Hall–Kier alpha value is -2.49. The molecule has 1 aliphatic rings. The number of rotatable bonds is 4. The third kappa shape index (κ3) is 3.09. The van der Waals surface area contributed by atoms with E-state index in [0.29, 0.717) is 6.42 Å². The summed E-state index contributed by atoms with van der Waals surface area (Å²) in [5.74, 6) is -1.18. The van der Waals surface area contributed by atoms with Gasteiger partial charge in [0, 0.05) is 29.8 Å². The first-order valence-electron chi connectivity index (χ1n) is 7.04. The number of carbonyl (C=O) groups is 1. The van der Waals surface area contributed by atoms with Gasteiger partial charge in [-0.05, 0) is 18.6 Å². The molecule has 0 unspecified atom stereocenters. The number of nitrogens with zero attached hydrogens (tertiary/aromatic N) is 3. The van der Waals surface area contributed by atoms with Gasteiger partial charge in [0.25, 0.3) is 17.3 Å². The van der Waals surface area contributed by atoms with E-state index in [9.17, 15) is 33.2 Å². The molecule has 0 aliphatic carbocycles. The number of amides is 1. The van der Waals surface area contributed by atoms with Crippen molar-refractivity contribution in [3.05, 3.63) is 39.9 Å². The Morgan fingerprint density at radius 1 is 1.42 bits per heavy atom. The van der Waals surface area contributed by atoms with E-state index in [0.717, 1.165) is 24.3 Å². The van der Waals surface area contributed by atoms with Crippen molar-refractivity contribution in [3.63, 3.8) is 0 Å². The Bertz CT molecular complexity index is 688. The topological polar surface area (TPSA) is 96.0 Å². The Morgan fingerprint density at radius 3 is 2.46 bits per heavy atom. The number of non-ortho nitro benzene ring substituents is 1. The number of nitro groups is 1. The highest BCUT2D eigenvalue weighted by molar-refractivity contribution is 5.98. The number of hydrogen-bond acceptors (Lipinski definition) is 5. The summed E-state index contributed by atoms with van der Waals surface area (Å²) in [5, 5.41) is 24.2. The van der Waals surface area contributed by atoms with Crippen LogP contribution in [0.4, 0.5) is 18.9 Å². The largest absolute Gasteiger partial charge is 0.438 e. The summed E-state index contributed by atoms with van der Waals surface area (Å²) in [6.07, 6.45) is -5.19. The minimum absolute atomic E-state index is 0.0131. The predicted molar refractivity (Wildman–Crippen MR) is 77.2 cm³/mol. The molecule has 1 atom stereocenters. The number of alkyl halides is 3. The number of hydrogen-bond donors (Lipinski definition) is 1. The van der Waals surface area contributed by atoms with Gasteiger partial charge in [-0.1, -0.05) is 13.3 Å².